The van der Waals surface area contributed by atoms with Crippen molar-refractivity contribution < 1.29 is 10.0 Å². The molecule has 106 valence electrons. The minimum atomic E-state index is -0.441. The van der Waals surface area contributed by atoms with E-state index in [4.69, 9.17) is 5.11 Å². The lowest BCUT2D eigenvalue weighted by molar-refractivity contribution is -0.384. The highest BCUT2D eigenvalue weighted by Crippen LogP contribution is 2.24. The molecule has 0 amide bonds. The normalized spacial score (nSPS) is 10.6. The standard InChI is InChI=1S/C12H20N4O3/c1-4-13-11-7-10(16(18)19)8-12(14-11)15(5-6-17)9(2)3/h7-9,17H,4-6H2,1-3H3,(H,13,14). The number of hydrogen-bond donors (Lipinski definition) is 2. The van der Waals surface area contributed by atoms with Gasteiger partial charge in [-0.15, -0.1) is 0 Å². The summed E-state index contributed by atoms with van der Waals surface area (Å²) in [5.74, 6) is 0.962. The van der Waals surface area contributed by atoms with Crippen LogP contribution in [0.2, 0.25) is 0 Å². The van der Waals surface area contributed by atoms with Crippen LogP contribution in [0.3, 0.4) is 0 Å². The minimum absolute atomic E-state index is 0.00969. The van der Waals surface area contributed by atoms with Crippen LogP contribution in [0.5, 0.6) is 0 Å². The van der Waals surface area contributed by atoms with Gasteiger partial charge in [0.2, 0.25) is 0 Å². The lowest BCUT2D eigenvalue weighted by atomic mass is 10.3. The highest BCUT2D eigenvalue weighted by atomic mass is 16.6. The van der Waals surface area contributed by atoms with Gasteiger partial charge < -0.3 is 15.3 Å². The molecule has 0 saturated heterocycles. The summed E-state index contributed by atoms with van der Waals surface area (Å²) >= 11 is 0. The molecule has 1 aromatic heterocycles. The van der Waals surface area contributed by atoms with Crippen molar-refractivity contribution in [3.05, 3.63) is 22.2 Å². The Bertz CT molecular complexity index is 437. The van der Waals surface area contributed by atoms with E-state index in [-0.39, 0.29) is 18.3 Å². The van der Waals surface area contributed by atoms with Gasteiger partial charge in [-0.25, -0.2) is 4.98 Å². The minimum Gasteiger partial charge on any atom is -0.395 e. The van der Waals surface area contributed by atoms with Crippen molar-refractivity contribution in [3.8, 4) is 0 Å². The van der Waals surface area contributed by atoms with E-state index in [0.717, 1.165) is 0 Å². The van der Waals surface area contributed by atoms with Crippen LogP contribution < -0.4 is 10.2 Å². The molecule has 0 aliphatic rings. The number of nitro groups is 1. The van der Waals surface area contributed by atoms with E-state index in [0.29, 0.717) is 24.7 Å². The van der Waals surface area contributed by atoms with Gasteiger partial charge in [0, 0.05) is 19.1 Å². The molecule has 0 spiro atoms. The maximum absolute atomic E-state index is 10.9. The topological polar surface area (TPSA) is 91.5 Å². The average Bonchev–Trinajstić information content (AvgIpc) is 2.35. The third-order valence-electron chi connectivity index (χ3n) is 2.62. The number of aromatic nitrogens is 1. The Morgan fingerprint density at radius 3 is 2.68 bits per heavy atom. The SMILES string of the molecule is CCNc1cc([N+](=O)[O-])cc(N(CCO)C(C)C)n1. The fourth-order valence-electron chi connectivity index (χ4n) is 1.77. The highest BCUT2D eigenvalue weighted by molar-refractivity contribution is 5.56. The Labute approximate surface area is 112 Å². The molecule has 1 heterocycles. The molecule has 19 heavy (non-hydrogen) atoms. The molecule has 7 nitrogen and oxygen atoms in total. The highest BCUT2D eigenvalue weighted by Gasteiger charge is 2.17. The van der Waals surface area contributed by atoms with E-state index in [1.165, 1.54) is 12.1 Å². The second-order valence-corrected chi connectivity index (χ2v) is 4.37. The summed E-state index contributed by atoms with van der Waals surface area (Å²) in [7, 11) is 0. The van der Waals surface area contributed by atoms with Crippen LogP contribution in [-0.2, 0) is 0 Å². The fourth-order valence-corrected chi connectivity index (χ4v) is 1.77. The molecule has 7 heteroatoms. The average molecular weight is 268 g/mol. The first-order valence-corrected chi connectivity index (χ1v) is 6.27. The zero-order valence-electron chi connectivity index (χ0n) is 11.5. The first-order valence-electron chi connectivity index (χ1n) is 6.27. The van der Waals surface area contributed by atoms with Crippen molar-refractivity contribution in [1.29, 1.82) is 0 Å². The number of nitrogens with one attached hydrogen (secondary N) is 1. The van der Waals surface area contributed by atoms with E-state index in [1.807, 2.05) is 25.7 Å². The maximum Gasteiger partial charge on any atom is 0.276 e. The van der Waals surface area contributed by atoms with Crippen LogP contribution in [0, 0.1) is 10.1 Å². The van der Waals surface area contributed by atoms with Crippen LogP contribution >= 0.6 is 0 Å². The number of nitrogens with zero attached hydrogens (tertiary/aromatic N) is 3. The molecule has 2 N–H and O–H groups in total. The van der Waals surface area contributed by atoms with Gasteiger partial charge in [-0.2, -0.15) is 0 Å². The van der Waals surface area contributed by atoms with E-state index < -0.39 is 4.92 Å². The zero-order valence-corrected chi connectivity index (χ0v) is 11.5. The van der Waals surface area contributed by atoms with Gasteiger partial charge in [-0.1, -0.05) is 0 Å². The quantitative estimate of drug-likeness (QED) is 0.577. The predicted octanol–water partition coefficient (Wildman–Crippen LogP) is 1.63. The van der Waals surface area contributed by atoms with Crippen molar-refractivity contribution in [3.63, 3.8) is 0 Å². The second-order valence-electron chi connectivity index (χ2n) is 4.37. The van der Waals surface area contributed by atoms with Gasteiger partial charge in [0.15, 0.2) is 0 Å². The number of pyridine rings is 1. The number of rotatable bonds is 7. The summed E-state index contributed by atoms with van der Waals surface area (Å²) in [5, 5.41) is 23.0. The molecule has 1 rings (SSSR count). The maximum atomic E-state index is 10.9. The molecule has 0 atom stereocenters. The summed E-state index contributed by atoms with van der Waals surface area (Å²) in [4.78, 5) is 16.7. The van der Waals surface area contributed by atoms with Gasteiger partial charge in [0.05, 0.1) is 23.7 Å². The van der Waals surface area contributed by atoms with Crippen molar-refractivity contribution in [2.45, 2.75) is 26.8 Å². The molecular weight excluding hydrogens is 248 g/mol. The molecule has 0 aliphatic heterocycles. The predicted molar refractivity (Wildman–Crippen MR) is 74.6 cm³/mol. The summed E-state index contributed by atoms with van der Waals surface area (Å²) < 4.78 is 0. The number of hydrogen-bond acceptors (Lipinski definition) is 6. The van der Waals surface area contributed by atoms with Crippen LogP contribution in [0.25, 0.3) is 0 Å². The Hall–Kier alpha value is -1.89. The van der Waals surface area contributed by atoms with E-state index in [2.05, 4.69) is 10.3 Å². The van der Waals surface area contributed by atoms with Crippen LogP contribution in [0.1, 0.15) is 20.8 Å². The van der Waals surface area contributed by atoms with Crippen LogP contribution in [0.4, 0.5) is 17.3 Å². The van der Waals surface area contributed by atoms with Gasteiger partial charge in [0.1, 0.15) is 11.6 Å². The summed E-state index contributed by atoms with van der Waals surface area (Å²) in [6.45, 7) is 6.78. The Morgan fingerprint density at radius 2 is 2.21 bits per heavy atom. The molecule has 0 unspecified atom stereocenters. The number of aliphatic hydroxyl groups is 1. The Kier molecular flexibility index (Phi) is 5.50. The van der Waals surface area contributed by atoms with Gasteiger partial charge in [-0.3, -0.25) is 10.1 Å². The molecule has 0 saturated carbocycles. The summed E-state index contributed by atoms with van der Waals surface area (Å²) in [6.07, 6.45) is 0. The first-order chi connectivity index (χ1) is 8.99. The second kappa shape index (κ2) is 6.89. The molecule has 0 bridgehead atoms. The van der Waals surface area contributed by atoms with Gasteiger partial charge >= 0.3 is 0 Å². The number of aliphatic hydroxyl groups excluding tert-OH is 1. The van der Waals surface area contributed by atoms with Crippen molar-refractivity contribution in [1.82, 2.24) is 4.98 Å². The number of anilines is 2. The van der Waals surface area contributed by atoms with Gasteiger partial charge in [0.25, 0.3) is 5.69 Å². The third kappa shape index (κ3) is 4.06. The molecule has 1 aromatic rings. The van der Waals surface area contributed by atoms with Crippen molar-refractivity contribution in [2.24, 2.45) is 0 Å². The van der Waals surface area contributed by atoms with Crippen LogP contribution in [-0.4, -0.2) is 40.8 Å². The molecular formula is C12H20N4O3. The Balaban J connectivity index is 3.19. The fraction of sp³-hybridized carbons (Fsp3) is 0.583. The lowest BCUT2D eigenvalue weighted by Gasteiger charge is -2.27. The van der Waals surface area contributed by atoms with E-state index in [1.54, 1.807) is 0 Å². The zero-order chi connectivity index (χ0) is 14.4. The van der Waals surface area contributed by atoms with Crippen LogP contribution in [0.15, 0.2) is 12.1 Å². The lowest BCUT2D eigenvalue weighted by Crippen LogP contribution is -2.34. The first kappa shape index (κ1) is 15.2. The summed E-state index contributed by atoms with van der Waals surface area (Å²) in [5.41, 5.74) is -0.00969. The monoisotopic (exact) mass is 268 g/mol. The van der Waals surface area contributed by atoms with Gasteiger partial charge in [-0.05, 0) is 20.8 Å². The molecule has 0 fully saturated rings. The molecule has 0 aliphatic carbocycles. The van der Waals surface area contributed by atoms with Crippen molar-refractivity contribution in [2.75, 3.05) is 29.9 Å². The smallest absolute Gasteiger partial charge is 0.276 e. The molecule has 0 radical (unpaired) electrons. The molecule has 0 aromatic carbocycles. The van der Waals surface area contributed by atoms with E-state index >= 15 is 0 Å². The van der Waals surface area contributed by atoms with E-state index in [9.17, 15) is 10.1 Å². The Morgan fingerprint density at radius 1 is 1.53 bits per heavy atom. The summed E-state index contributed by atoms with van der Waals surface area (Å²) in [6, 6.07) is 2.93. The van der Waals surface area contributed by atoms with Crippen molar-refractivity contribution >= 4 is 17.3 Å². The largest absolute Gasteiger partial charge is 0.395 e. The third-order valence-corrected chi connectivity index (χ3v) is 2.62.